The number of rotatable bonds is 5. The summed E-state index contributed by atoms with van der Waals surface area (Å²) in [6, 6.07) is 0. The van der Waals surface area contributed by atoms with Gasteiger partial charge >= 0.3 is 0 Å². The monoisotopic (exact) mass is 225 g/mol. The van der Waals surface area contributed by atoms with Crippen molar-refractivity contribution in [3.05, 3.63) is 12.2 Å². The van der Waals surface area contributed by atoms with E-state index in [1.807, 2.05) is 0 Å². The van der Waals surface area contributed by atoms with Gasteiger partial charge < -0.3 is 10.2 Å². The lowest BCUT2D eigenvalue weighted by atomic mass is 10.3. The summed E-state index contributed by atoms with van der Waals surface area (Å²) in [5, 5.41) is 2.86. The summed E-state index contributed by atoms with van der Waals surface area (Å²) >= 11 is 0. The van der Waals surface area contributed by atoms with Crippen molar-refractivity contribution in [2.45, 2.75) is 13.8 Å². The van der Waals surface area contributed by atoms with Crippen LogP contribution in [0.5, 0.6) is 0 Å². The lowest BCUT2D eigenvalue weighted by Crippen LogP contribution is -2.48. The second-order valence-electron chi connectivity index (χ2n) is 4.31. The molecule has 0 radical (unpaired) electrons. The minimum absolute atomic E-state index is 0.0350. The second-order valence-corrected chi connectivity index (χ2v) is 4.31. The van der Waals surface area contributed by atoms with Crippen molar-refractivity contribution < 1.29 is 4.79 Å². The smallest absolute Gasteiger partial charge is 0.246 e. The van der Waals surface area contributed by atoms with Crippen LogP contribution in [0.3, 0.4) is 0 Å². The molecular weight excluding hydrogens is 202 g/mol. The molecule has 0 spiro atoms. The molecule has 92 valence electrons. The van der Waals surface area contributed by atoms with Gasteiger partial charge in [0, 0.05) is 44.8 Å². The first kappa shape index (κ1) is 13.2. The Morgan fingerprint density at radius 3 is 2.31 bits per heavy atom. The Balaban J connectivity index is 2.11. The average molecular weight is 225 g/mol. The van der Waals surface area contributed by atoms with Gasteiger partial charge in [-0.25, -0.2) is 0 Å². The molecule has 1 aliphatic rings. The maximum atomic E-state index is 11.2. The van der Waals surface area contributed by atoms with E-state index in [0.29, 0.717) is 5.57 Å². The Morgan fingerprint density at radius 2 is 1.81 bits per heavy atom. The highest BCUT2D eigenvalue weighted by Gasteiger charge is 2.14. The van der Waals surface area contributed by atoms with Gasteiger partial charge in [-0.1, -0.05) is 13.5 Å². The Kier molecular flexibility index (Phi) is 5.49. The third-order valence-corrected chi connectivity index (χ3v) is 3.01. The Bertz CT molecular complexity index is 245. The van der Waals surface area contributed by atoms with Crippen LogP contribution in [-0.4, -0.2) is 61.5 Å². The molecule has 16 heavy (non-hydrogen) atoms. The van der Waals surface area contributed by atoms with Crippen molar-refractivity contribution in [3.8, 4) is 0 Å². The highest BCUT2D eigenvalue weighted by Crippen LogP contribution is 1.99. The first-order chi connectivity index (χ1) is 7.63. The molecule has 1 heterocycles. The van der Waals surface area contributed by atoms with Crippen LogP contribution in [0.2, 0.25) is 0 Å². The van der Waals surface area contributed by atoms with Crippen LogP contribution in [0.15, 0.2) is 12.2 Å². The molecule has 0 aromatic carbocycles. The predicted molar refractivity (Wildman–Crippen MR) is 66.4 cm³/mol. The quantitative estimate of drug-likeness (QED) is 0.684. The highest BCUT2D eigenvalue weighted by atomic mass is 16.1. The van der Waals surface area contributed by atoms with Crippen molar-refractivity contribution in [3.63, 3.8) is 0 Å². The molecule has 0 saturated carbocycles. The molecule has 4 heteroatoms. The van der Waals surface area contributed by atoms with Crippen LogP contribution in [0, 0.1) is 0 Å². The summed E-state index contributed by atoms with van der Waals surface area (Å²) in [6.07, 6.45) is 0. The first-order valence-electron chi connectivity index (χ1n) is 6.02. The molecule has 0 aromatic rings. The van der Waals surface area contributed by atoms with E-state index in [-0.39, 0.29) is 5.91 Å². The molecule has 1 saturated heterocycles. The highest BCUT2D eigenvalue weighted by molar-refractivity contribution is 5.92. The molecule has 0 aromatic heterocycles. The second kappa shape index (κ2) is 6.66. The Hall–Kier alpha value is -0.870. The van der Waals surface area contributed by atoms with E-state index in [4.69, 9.17) is 0 Å². The number of hydrogen-bond acceptors (Lipinski definition) is 3. The summed E-state index contributed by atoms with van der Waals surface area (Å²) in [5.41, 5.74) is 0.579. The zero-order valence-corrected chi connectivity index (χ0v) is 10.5. The summed E-state index contributed by atoms with van der Waals surface area (Å²) in [5.74, 6) is -0.0350. The van der Waals surface area contributed by atoms with Gasteiger partial charge in [0.05, 0.1) is 0 Å². The van der Waals surface area contributed by atoms with Gasteiger partial charge in [0.1, 0.15) is 0 Å². The van der Waals surface area contributed by atoms with Crippen LogP contribution in [0.4, 0.5) is 0 Å². The maximum Gasteiger partial charge on any atom is 0.246 e. The number of nitrogens with one attached hydrogen (secondary N) is 1. The minimum Gasteiger partial charge on any atom is -0.351 e. The number of nitrogens with zero attached hydrogens (tertiary/aromatic N) is 2. The molecule has 1 amide bonds. The van der Waals surface area contributed by atoms with Crippen molar-refractivity contribution in [2.24, 2.45) is 0 Å². The molecule has 4 nitrogen and oxygen atoms in total. The fourth-order valence-electron chi connectivity index (χ4n) is 1.81. The van der Waals surface area contributed by atoms with Gasteiger partial charge in [0.15, 0.2) is 0 Å². The van der Waals surface area contributed by atoms with Crippen LogP contribution in [0.25, 0.3) is 0 Å². The van der Waals surface area contributed by atoms with E-state index in [1.165, 1.54) is 0 Å². The Morgan fingerprint density at radius 1 is 1.25 bits per heavy atom. The van der Waals surface area contributed by atoms with Crippen molar-refractivity contribution in [2.75, 3.05) is 45.8 Å². The predicted octanol–water partition coefficient (Wildman–Crippen LogP) is 0.316. The fraction of sp³-hybridized carbons (Fsp3) is 0.750. The van der Waals surface area contributed by atoms with Crippen LogP contribution < -0.4 is 5.32 Å². The average Bonchev–Trinajstić information content (AvgIpc) is 2.29. The van der Waals surface area contributed by atoms with Gasteiger partial charge in [-0.2, -0.15) is 0 Å². The van der Waals surface area contributed by atoms with Crippen molar-refractivity contribution >= 4 is 5.91 Å². The topological polar surface area (TPSA) is 35.6 Å². The molecule has 0 atom stereocenters. The number of likely N-dealkylation sites (N-methyl/N-ethyl adjacent to an activating group) is 1. The summed E-state index contributed by atoms with van der Waals surface area (Å²) in [4.78, 5) is 16.1. The first-order valence-corrected chi connectivity index (χ1v) is 6.02. The normalized spacial score (nSPS) is 18.4. The van der Waals surface area contributed by atoms with E-state index < -0.39 is 0 Å². The van der Waals surface area contributed by atoms with E-state index in [2.05, 4.69) is 28.6 Å². The van der Waals surface area contributed by atoms with Crippen LogP contribution in [-0.2, 0) is 4.79 Å². The SMILES string of the molecule is C=C(C)C(=O)NCCN1CCN(CC)CC1. The lowest BCUT2D eigenvalue weighted by molar-refractivity contribution is -0.117. The van der Waals surface area contributed by atoms with E-state index >= 15 is 0 Å². The number of piperazine rings is 1. The number of carbonyl (C=O) groups is 1. The van der Waals surface area contributed by atoms with Gasteiger partial charge in [-0.3, -0.25) is 9.69 Å². The third kappa shape index (κ3) is 4.33. The maximum absolute atomic E-state index is 11.2. The van der Waals surface area contributed by atoms with E-state index in [1.54, 1.807) is 6.92 Å². The standard InChI is InChI=1S/C12H23N3O/c1-4-14-7-9-15(10-8-14)6-5-13-12(16)11(2)3/h2,4-10H2,1,3H3,(H,13,16). The van der Waals surface area contributed by atoms with Crippen molar-refractivity contribution in [1.82, 2.24) is 15.1 Å². The molecule has 0 aliphatic carbocycles. The fourth-order valence-corrected chi connectivity index (χ4v) is 1.81. The molecule has 1 fully saturated rings. The molecule has 1 rings (SSSR count). The lowest BCUT2D eigenvalue weighted by Gasteiger charge is -2.33. The van der Waals surface area contributed by atoms with Gasteiger partial charge in [0.25, 0.3) is 0 Å². The molecule has 1 aliphatic heterocycles. The summed E-state index contributed by atoms with van der Waals surface area (Å²) in [6.45, 7) is 14.8. The summed E-state index contributed by atoms with van der Waals surface area (Å²) < 4.78 is 0. The number of amides is 1. The van der Waals surface area contributed by atoms with Gasteiger partial charge in [-0.15, -0.1) is 0 Å². The van der Waals surface area contributed by atoms with Crippen LogP contribution >= 0.6 is 0 Å². The van der Waals surface area contributed by atoms with Crippen LogP contribution in [0.1, 0.15) is 13.8 Å². The zero-order chi connectivity index (χ0) is 12.0. The van der Waals surface area contributed by atoms with E-state index in [0.717, 1.165) is 45.8 Å². The van der Waals surface area contributed by atoms with Gasteiger partial charge in [0.2, 0.25) is 5.91 Å². The number of carbonyl (C=O) groups excluding carboxylic acids is 1. The molecule has 0 bridgehead atoms. The minimum atomic E-state index is -0.0350. The van der Waals surface area contributed by atoms with E-state index in [9.17, 15) is 4.79 Å². The molecule has 1 N–H and O–H groups in total. The number of hydrogen-bond donors (Lipinski definition) is 1. The third-order valence-electron chi connectivity index (χ3n) is 3.01. The summed E-state index contributed by atoms with van der Waals surface area (Å²) in [7, 11) is 0. The van der Waals surface area contributed by atoms with Gasteiger partial charge in [-0.05, 0) is 13.5 Å². The Labute approximate surface area is 98.3 Å². The molecular formula is C12H23N3O. The molecule has 0 unspecified atom stereocenters. The zero-order valence-electron chi connectivity index (χ0n) is 10.5. The van der Waals surface area contributed by atoms with Crippen molar-refractivity contribution in [1.29, 1.82) is 0 Å². The largest absolute Gasteiger partial charge is 0.351 e.